The Labute approximate surface area is 169 Å². The van der Waals surface area contributed by atoms with Crippen molar-refractivity contribution in [3.8, 4) is 5.88 Å². The van der Waals surface area contributed by atoms with Gasteiger partial charge >= 0.3 is 10.2 Å². The number of ether oxygens (including phenoxy) is 1. The van der Waals surface area contributed by atoms with Gasteiger partial charge in [-0.2, -0.15) is 12.7 Å². The SMILES string of the molecule is CC(C)(CO)NC(=O)c1cnc2c(c1)N(S(=O)(=O)N1CCC(Cl)CC1)CCO2. The fourth-order valence-electron chi connectivity index (χ4n) is 3.05. The van der Waals surface area contributed by atoms with Crippen LogP contribution >= 0.6 is 11.6 Å². The molecule has 0 aliphatic carbocycles. The Morgan fingerprint density at radius 1 is 1.39 bits per heavy atom. The van der Waals surface area contributed by atoms with Crippen LogP contribution in [-0.2, 0) is 10.2 Å². The molecule has 3 heterocycles. The first-order valence-corrected chi connectivity index (χ1v) is 11.0. The predicted octanol–water partition coefficient (Wildman–Crippen LogP) is 0.729. The van der Waals surface area contributed by atoms with E-state index in [0.717, 1.165) is 0 Å². The Hall–Kier alpha value is -1.62. The van der Waals surface area contributed by atoms with Gasteiger partial charge in [-0.15, -0.1) is 11.6 Å². The summed E-state index contributed by atoms with van der Waals surface area (Å²) in [6.45, 7) is 4.12. The molecule has 3 rings (SSSR count). The Balaban J connectivity index is 1.89. The minimum Gasteiger partial charge on any atom is -0.474 e. The number of nitrogens with one attached hydrogen (secondary N) is 1. The molecule has 0 radical (unpaired) electrons. The molecule has 1 amide bonds. The van der Waals surface area contributed by atoms with E-state index in [1.54, 1.807) is 13.8 Å². The van der Waals surface area contributed by atoms with Gasteiger partial charge in [0, 0.05) is 24.7 Å². The molecule has 28 heavy (non-hydrogen) atoms. The van der Waals surface area contributed by atoms with Crippen LogP contribution in [0.4, 0.5) is 5.69 Å². The van der Waals surface area contributed by atoms with E-state index in [2.05, 4.69) is 10.3 Å². The summed E-state index contributed by atoms with van der Waals surface area (Å²) in [5, 5.41) is 12.0. The summed E-state index contributed by atoms with van der Waals surface area (Å²) in [7, 11) is -3.79. The van der Waals surface area contributed by atoms with E-state index < -0.39 is 21.7 Å². The number of hydrogen-bond acceptors (Lipinski definition) is 6. The average molecular weight is 433 g/mol. The second-order valence-corrected chi connectivity index (χ2v) is 10.0. The number of carbonyl (C=O) groups is 1. The molecule has 1 fully saturated rings. The molecule has 1 saturated heterocycles. The van der Waals surface area contributed by atoms with Crippen molar-refractivity contribution in [1.82, 2.24) is 14.6 Å². The maximum Gasteiger partial charge on any atom is 0.304 e. The van der Waals surface area contributed by atoms with Crippen molar-refractivity contribution in [1.29, 1.82) is 0 Å². The van der Waals surface area contributed by atoms with Gasteiger partial charge in [-0.05, 0) is 32.8 Å². The Kier molecular flexibility index (Phi) is 6.04. The van der Waals surface area contributed by atoms with Gasteiger partial charge in [-0.25, -0.2) is 9.29 Å². The molecule has 11 heteroatoms. The number of fused-ring (bicyclic) bond motifs is 1. The summed E-state index contributed by atoms with van der Waals surface area (Å²) in [6, 6.07) is 1.45. The standard InChI is InChI=1S/C17H25ClN4O5S/c1-17(2,11-23)20-15(24)12-9-14-16(19-10-12)27-8-7-22(14)28(25,26)21-5-3-13(18)4-6-21/h9-10,13,23H,3-8,11H2,1-2H3,(H,20,24). The molecule has 1 aromatic heterocycles. The second-order valence-electron chi connectivity index (χ2n) is 7.55. The summed E-state index contributed by atoms with van der Waals surface area (Å²) < 4.78 is 34.4. The van der Waals surface area contributed by atoms with Crippen LogP contribution in [0.15, 0.2) is 12.3 Å². The number of aliphatic hydroxyl groups excluding tert-OH is 1. The van der Waals surface area contributed by atoms with Crippen LogP contribution in [-0.4, -0.2) is 72.5 Å². The maximum absolute atomic E-state index is 13.2. The zero-order valence-electron chi connectivity index (χ0n) is 15.9. The fourth-order valence-corrected chi connectivity index (χ4v) is 4.88. The number of nitrogens with zero attached hydrogens (tertiary/aromatic N) is 3. The maximum atomic E-state index is 13.2. The van der Waals surface area contributed by atoms with Crippen molar-refractivity contribution < 1.29 is 23.1 Å². The van der Waals surface area contributed by atoms with E-state index in [-0.39, 0.29) is 42.3 Å². The molecule has 0 atom stereocenters. The molecule has 2 aliphatic heterocycles. The van der Waals surface area contributed by atoms with Crippen LogP contribution < -0.4 is 14.4 Å². The number of pyridine rings is 1. The number of amides is 1. The molecule has 1 aromatic rings. The van der Waals surface area contributed by atoms with Crippen LogP contribution in [0.5, 0.6) is 5.88 Å². The average Bonchev–Trinajstić information content (AvgIpc) is 2.67. The smallest absolute Gasteiger partial charge is 0.304 e. The number of hydrogen-bond donors (Lipinski definition) is 2. The molecule has 2 N–H and O–H groups in total. The number of halogens is 1. The van der Waals surface area contributed by atoms with Gasteiger partial charge in [0.05, 0.1) is 24.3 Å². The van der Waals surface area contributed by atoms with E-state index >= 15 is 0 Å². The first kappa shape index (κ1) is 21.1. The lowest BCUT2D eigenvalue weighted by Gasteiger charge is -2.36. The van der Waals surface area contributed by atoms with Crippen molar-refractivity contribution in [2.75, 3.05) is 37.2 Å². The number of alkyl halides is 1. The summed E-state index contributed by atoms with van der Waals surface area (Å²) in [5.74, 6) is -0.291. The summed E-state index contributed by atoms with van der Waals surface area (Å²) in [4.78, 5) is 16.6. The van der Waals surface area contributed by atoms with Gasteiger partial charge in [0.1, 0.15) is 12.3 Å². The summed E-state index contributed by atoms with van der Waals surface area (Å²) in [6.07, 6.45) is 2.51. The Morgan fingerprint density at radius 3 is 2.71 bits per heavy atom. The van der Waals surface area contributed by atoms with Gasteiger partial charge in [-0.3, -0.25) is 4.79 Å². The lowest BCUT2D eigenvalue weighted by atomic mass is 10.1. The minimum absolute atomic E-state index is 0.0183. The number of aromatic nitrogens is 1. The van der Waals surface area contributed by atoms with Crippen LogP contribution in [0.2, 0.25) is 0 Å². The topological polar surface area (TPSA) is 112 Å². The van der Waals surface area contributed by atoms with Crippen molar-refractivity contribution in [2.45, 2.75) is 37.6 Å². The molecule has 0 bridgehead atoms. The molecule has 156 valence electrons. The van der Waals surface area contributed by atoms with Crippen molar-refractivity contribution in [3.05, 3.63) is 17.8 Å². The molecule has 0 spiro atoms. The normalized spacial score (nSPS) is 19.1. The lowest BCUT2D eigenvalue weighted by Crippen LogP contribution is -2.50. The molecule has 2 aliphatic rings. The van der Waals surface area contributed by atoms with E-state index in [1.165, 1.54) is 20.9 Å². The molecule has 0 unspecified atom stereocenters. The second kappa shape index (κ2) is 8.02. The van der Waals surface area contributed by atoms with Gasteiger partial charge in [0.25, 0.3) is 5.91 Å². The highest BCUT2D eigenvalue weighted by Gasteiger charge is 2.36. The quantitative estimate of drug-likeness (QED) is 0.663. The predicted molar refractivity (Wildman–Crippen MR) is 105 cm³/mol. The van der Waals surface area contributed by atoms with Crippen LogP contribution in [0.3, 0.4) is 0 Å². The monoisotopic (exact) mass is 432 g/mol. The number of piperidine rings is 1. The first-order chi connectivity index (χ1) is 13.1. The zero-order chi connectivity index (χ0) is 20.5. The minimum atomic E-state index is -3.79. The Bertz CT molecular complexity index is 840. The van der Waals surface area contributed by atoms with Gasteiger partial charge in [0.15, 0.2) is 0 Å². The highest BCUT2D eigenvalue weighted by molar-refractivity contribution is 7.90. The van der Waals surface area contributed by atoms with Crippen LogP contribution in [0.25, 0.3) is 0 Å². The van der Waals surface area contributed by atoms with Gasteiger partial charge in [0.2, 0.25) is 5.88 Å². The molecule has 9 nitrogen and oxygen atoms in total. The van der Waals surface area contributed by atoms with E-state index in [1.807, 2.05) is 0 Å². The summed E-state index contributed by atoms with van der Waals surface area (Å²) >= 11 is 6.09. The molecule has 0 aromatic carbocycles. The third-order valence-electron chi connectivity index (χ3n) is 4.73. The third kappa shape index (κ3) is 4.35. The van der Waals surface area contributed by atoms with Crippen LogP contribution in [0.1, 0.15) is 37.0 Å². The van der Waals surface area contributed by atoms with E-state index in [9.17, 15) is 18.3 Å². The van der Waals surface area contributed by atoms with Crippen molar-refractivity contribution >= 4 is 33.4 Å². The number of rotatable bonds is 5. The van der Waals surface area contributed by atoms with E-state index in [0.29, 0.717) is 25.9 Å². The molecule has 0 saturated carbocycles. The number of aliphatic hydroxyl groups is 1. The number of anilines is 1. The largest absolute Gasteiger partial charge is 0.474 e. The van der Waals surface area contributed by atoms with Gasteiger partial charge in [-0.1, -0.05) is 0 Å². The zero-order valence-corrected chi connectivity index (χ0v) is 17.5. The van der Waals surface area contributed by atoms with E-state index in [4.69, 9.17) is 16.3 Å². The van der Waals surface area contributed by atoms with Gasteiger partial charge < -0.3 is 15.2 Å². The lowest BCUT2D eigenvalue weighted by molar-refractivity contribution is 0.0869. The highest BCUT2D eigenvalue weighted by Crippen LogP contribution is 2.34. The summed E-state index contributed by atoms with van der Waals surface area (Å²) in [5.41, 5.74) is -0.402. The first-order valence-electron chi connectivity index (χ1n) is 9.12. The van der Waals surface area contributed by atoms with Crippen molar-refractivity contribution in [3.63, 3.8) is 0 Å². The highest BCUT2D eigenvalue weighted by atomic mass is 35.5. The Morgan fingerprint density at radius 2 is 2.07 bits per heavy atom. The molecular weight excluding hydrogens is 408 g/mol. The van der Waals surface area contributed by atoms with Crippen molar-refractivity contribution in [2.24, 2.45) is 0 Å². The fraction of sp³-hybridized carbons (Fsp3) is 0.647. The van der Waals surface area contributed by atoms with Crippen LogP contribution in [0, 0.1) is 0 Å². The molecular formula is C17H25ClN4O5S. The third-order valence-corrected chi connectivity index (χ3v) is 7.12. The number of carbonyl (C=O) groups excluding carboxylic acids is 1.